The van der Waals surface area contributed by atoms with E-state index in [0.29, 0.717) is 25.2 Å². The van der Waals surface area contributed by atoms with E-state index in [-0.39, 0.29) is 16.7 Å². The first-order valence-corrected chi connectivity index (χ1v) is 9.31. The highest BCUT2D eigenvalue weighted by Gasteiger charge is 2.27. The van der Waals surface area contributed by atoms with Crippen LogP contribution in [0.1, 0.15) is 20.3 Å². The fraction of sp³-hybridized carbons (Fsp3) is 0.562. The maximum absolute atomic E-state index is 12.7. The largest absolute Gasteiger partial charge is 0.326 e. The summed E-state index contributed by atoms with van der Waals surface area (Å²) in [7, 11) is -1.53. The summed E-state index contributed by atoms with van der Waals surface area (Å²) < 4.78 is 26.9. The molecule has 1 aromatic carbocycles. The lowest BCUT2D eigenvalue weighted by Gasteiger charge is -2.31. The molecule has 1 aliphatic rings. The van der Waals surface area contributed by atoms with Crippen molar-refractivity contribution in [3.63, 3.8) is 0 Å². The van der Waals surface area contributed by atoms with Gasteiger partial charge in [-0.05, 0) is 31.2 Å². The molecule has 1 aromatic rings. The van der Waals surface area contributed by atoms with Crippen LogP contribution in [0.15, 0.2) is 29.2 Å². The normalized spacial score (nSPS) is 17.4. The van der Waals surface area contributed by atoms with E-state index in [0.717, 1.165) is 13.1 Å². The molecule has 1 fully saturated rings. The number of hydrogen-bond acceptors (Lipinski definition) is 4. The second-order valence-corrected chi connectivity index (χ2v) is 8.32. The molecule has 128 valence electrons. The van der Waals surface area contributed by atoms with Gasteiger partial charge in [-0.3, -0.25) is 4.79 Å². The van der Waals surface area contributed by atoms with Gasteiger partial charge in [0.1, 0.15) is 0 Å². The molecule has 1 amide bonds. The molecular weight excluding hydrogens is 314 g/mol. The van der Waals surface area contributed by atoms with Gasteiger partial charge in [0.05, 0.1) is 4.90 Å². The third-order valence-electron chi connectivity index (χ3n) is 3.81. The number of piperazine rings is 1. The molecule has 0 spiro atoms. The lowest BCUT2D eigenvalue weighted by molar-refractivity contribution is -0.116. The summed E-state index contributed by atoms with van der Waals surface area (Å²) in [5, 5.41) is 2.77. The van der Waals surface area contributed by atoms with Crippen LogP contribution < -0.4 is 5.32 Å². The first kappa shape index (κ1) is 17.9. The number of sulfonamides is 1. The van der Waals surface area contributed by atoms with Gasteiger partial charge in [-0.25, -0.2) is 8.42 Å². The first-order valence-electron chi connectivity index (χ1n) is 7.87. The number of carbonyl (C=O) groups is 1. The van der Waals surface area contributed by atoms with Gasteiger partial charge in [0.25, 0.3) is 0 Å². The van der Waals surface area contributed by atoms with Crippen molar-refractivity contribution < 1.29 is 13.2 Å². The summed E-state index contributed by atoms with van der Waals surface area (Å²) in [6.45, 7) is 6.36. The number of benzene rings is 1. The SMILES string of the molecule is CC(C)CC(=O)Nc1cccc(S(=O)(=O)N2CCN(C)CC2)c1. The zero-order chi connectivity index (χ0) is 17.0. The Labute approximate surface area is 138 Å². The molecule has 1 saturated heterocycles. The van der Waals surface area contributed by atoms with Crippen LogP contribution in [-0.4, -0.2) is 56.8 Å². The Balaban J connectivity index is 2.13. The molecule has 0 saturated carbocycles. The van der Waals surface area contributed by atoms with Crippen molar-refractivity contribution in [3.8, 4) is 0 Å². The second-order valence-electron chi connectivity index (χ2n) is 6.38. The van der Waals surface area contributed by atoms with Crippen LogP contribution in [0.3, 0.4) is 0 Å². The third kappa shape index (κ3) is 4.76. The summed E-state index contributed by atoms with van der Waals surface area (Å²) >= 11 is 0. The zero-order valence-corrected chi connectivity index (χ0v) is 14.8. The molecule has 7 heteroatoms. The van der Waals surface area contributed by atoms with E-state index in [4.69, 9.17) is 0 Å². The number of nitrogens with zero attached hydrogens (tertiary/aromatic N) is 2. The van der Waals surface area contributed by atoms with Crippen LogP contribution in [0.25, 0.3) is 0 Å². The van der Waals surface area contributed by atoms with Crippen molar-refractivity contribution in [1.82, 2.24) is 9.21 Å². The summed E-state index contributed by atoms with van der Waals surface area (Å²) in [5.74, 6) is 0.154. The van der Waals surface area contributed by atoms with Crippen molar-refractivity contribution >= 4 is 21.6 Å². The van der Waals surface area contributed by atoms with E-state index in [9.17, 15) is 13.2 Å². The van der Waals surface area contributed by atoms with E-state index < -0.39 is 10.0 Å². The number of anilines is 1. The Hall–Kier alpha value is -1.44. The minimum atomic E-state index is -3.51. The molecule has 23 heavy (non-hydrogen) atoms. The van der Waals surface area contributed by atoms with Crippen LogP contribution in [0, 0.1) is 5.92 Å². The van der Waals surface area contributed by atoms with E-state index in [2.05, 4.69) is 10.2 Å². The molecule has 1 N–H and O–H groups in total. The summed E-state index contributed by atoms with van der Waals surface area (Å²) in [4.78, 5) is 14.2. The van der Waals surface area contributed by atoms with Gasteiger partial charge in [-0.2, -0.15) is 4.31 Å². The lowest BCUT2D eigenvalue weighted by Crippen LogP contribution is -2.47. The van der Waals surface area contributed by atoms with Crippen LogP contribution in [-0.2, 0) is 14.8 Å². The average molecular weight is 339 g/mol. The molecule has 0 bridgehead atoms. The fourth-order valence-corrected chi connectivity index (χ4v) is 3.96. The van der Waals surface area contributed by atoms with Crippen molar-refractivity contribution in [2.75, 3.05) is 38.5 Å². The predicted molar refractivity (Wildman–Crippen MR) is 90.8 cm³/mol. The highest BCUT2D eigenvalue weighted by atomic mass is 32.2. The van der Waals surface area contributed by atoms with Crippen LogP contribution in [0.5, 0.6) is 0 Å². The van der Waals surface area contributed by atoms with Crippen LogP contribution >= 0.6 is 0 Å². The Kier molecular flexibility index (Phi) is 5.78. The van der Waals surface area contributed by atoms with Crippen molar-refractivity contribution in [3.05, 3.63) is 24.3 Å². The van der Waals surface area contributed by atoms with E-state index in [1.807, 2.05) is 20.9 Å². The van der Waals surface area contributed by atoms with E-state index in [1.165, 1.54) is 10.4 Å². The van der Waals surface area contributed by atoms with Crippen LogP contribution in [0.4, 0.5) is 5.69 Å². The van der Waals surface area contributed by atoms with Crippen molar-refractivity contribution in [1.29, 1.82) is 0 Å². The highest BCUT2D eigenvalue weighted by Crippen LogP contribution is 2.21. The lowest BCUT2D eigenvalue weighted by atomic mass is 10.1. The summed E-state index contributed by atoms with van der Waals surface area (Å²) in [6.07, 6.45) is 0.412. The van der Waals surface area contributed by atoms with Crippen molar-refractivity contribution in [2.24, 2.45) is 5.92 Å². The summed E-state index contributed by atoms with van der Waals surface area (Å²) in [5.41, 5.74) is 0.519. The number of carbonyl (C=O) groups excluding carboxylic acids is 1. The smallest absolute Gasteiger partial charge is 0.243 e. The molecule has 0 aromatic heterocycles. The molecule has 2 rings (SSSR count). The van der Waals surface area contributed by atoms with Crippen LogP contribution in [0.2, 0.25) is 0 Å². The monoisotopic (exact) mass is 339 g/mol. The fourth-order valence-electron chi connectivity index (χ4n) is 2.49. The van der Waals surface area contributed by atoms with Gasteiger partial charge in [0.15, 0.2) is 0 Å². The van der Waals surface area contributed by atoms with Gasteiger partial charge < -0.3 is 10.2 Å². The number of hydrogen-bond donors (Lipinski definition) is 1. The van der Waals surface area contributed by atoms with Gasteiger partial charge in [-0.15, -0.1) is 0 Å². The maximum Gasteiger partial charge on any atom is 0.243 e. The number of rotatable bonds is 5. The van der Waals surface area contributed by atoms with Gasteiger partial charge >= 0.3 is 0 Å². The van der Waals surface area contributed by atoms with E-state index in [1.54, 1.807) is 18.2 Å². The number of nitrogens with one attached hydrogen (secondary N) is 1. The average Bonchev–Trinajstić information content (AvgIpc) is 2.47. The van der Waals surface area contributed by atoms with Crippen molar-refractivity contribution in [2.45, 2.75) is 25.2 Å². The molecule has 0 aliphatic carbocycles. The summed E-state index contributed by atoms with van der Waals surface area (Å²) in [6, 6.07) is 6.48. The maximum atomic E-state index is 12.7. The Morgan fingerprint density at radius 2 is 1.87 bits per heavy atom. The van der Waals surface area contributed by atoms with Gasteiger partial charge in [-0.1, -0.05) is 19.9 Å². The molecule has 6 nitrogen and oxygen atoms in total. The third-order valence-corrected chi connectivity index (χ3v) is 5.71. The second kappa shape index (κ2) is 7.42. The Morgan fingerprint density at radius 1 is 1.22 bits per heavy atom. The topological polar surface area (TPSA) is 69.7 Å². The predicted octanol–water partition coefficient (Wildman–Crippen LogP) is 1.61. The minimum absolute atomic E-state index is 0.103. The van der Waals surface area contributed by atoms with Gasteiger partial charge in [0, 0.05) is 38.3 Å². The van der Waals surface area contributed by atoms with E-state index >= 15 is 0 Å². The quantitative estimate of drug-likeness (QED) is 0.885. The Bertz CT molecular complexity index is 650. The number of amides is 1. The molecule has 0 unspecified atom stereocenters. The first-order chi connectivity index (χ1) is 10.8. The molecule has 1 aliphatic heterocycles. The molecule has 1 heterocycles. The highest BCUT2D eigenvalue weighted by molar-refractivity contribution is 7.89. The van der Waals surface area contributed by atoms with Gasteiger partial charge in [0.2, 0.25) is 15.9 Å². The Morgan fingerprint density at radius 3 is 2.48 bits per heavy atom. The number of likely N-dealkylation sites (N-methyl/N-ethyl adjacent to an activating group) is 1. The molecule has 0 radical (unpaired) electrons. The molecular formula is C16H25N3O3S. The minimum Gasteiger partial charge on any atom is -0.326 e. The standard InChI is InChI=1S/C16H25N3O3S/c1-13(2)11-16(20)17-14-5-4-6-15(12-14)23(21,22)19-9-7-18(3)8-10-19/h4-6,12-13H,7-11H2,1-3H3,(H,17,20). The molecule has 0 atom stereocenters. The zero-order valence-electron chi connectivity index (χ0n) is 13.9.